The molecule has 1 aromatic carbocycles. The molecule has 0 fully saturated rings. The van der Waals surface area contributed by atoms with Gasteiger partial charge in [0.1, 0.15) is 5.01 Å². The van der Waals surface area contributed by atoms with Crippen molar-refractivity contribution in [1.29, 1.82) is 0 Å². The van der Waals surface area contributed by atoms with Gasteiger partial charge in [-0.2, -0.15) is 0 Å². The number of nitrogens with zero attached hydrogens (tertiary/aromatic N) is 2. The zero-order valence-corrected chi connectivity index (χ0v) is 10.7. The summed E-state index contributed by atoms with van der Waals surface area (Å²) in [5, 5.41) is 18.3. The van der Waals surface area contributed by atoms with Gasteiger partial charge in [-0.05, 0) is 25.5 Å². The van der Waals surface area contributed by atoms with Crippen LogP contribution in [0.2, 0.25) is 0 Å². The monoisotopic (exact) mass is 252 g/mol. The third-order valence-electron chi connectivity index (χ3n) is 2.09. The van der Waals surface area contributed by atoms with Crippen LogP contribution >= 0.6 is 23.1 Å². The lowest BCUT2D eigenvalue weighted by atomic mass is 10.1. The molecular weight excluding hydrogens is 240 g/mol. The van der Waals surface area contributed by atoms with E-state index in [9.17, 15) is 5.11 Å². The summed E-state index contributed by atoms with van der Waals surface area (Å²) in [7, 11) is 0. The minimum Gasteiger partial charge on any atom is -0.392 e. The van der Waals surface area contributed by atoms with Gasteiger partial charge in [-0.1, -0.05) is 40.8 Å². The molecule has 0 aliphatic rings. The van der Waals surface area contributed by atoms with Gasteiger partial charge in [0.25, 0.3) is 0 Å². The molecule has 5 heteroatoms. The highest BCUT2D eigenvalue weighted by molar-refractivity contribution is 8.01. The van der Waals surface area contributed by atoms with E-state index >= 15 is 0 Å². The van der Waals surface area contributed by atoms with E-state index in [2.05, 4.69) is 10.2 Å². The molecule has 0 amide bonds. The van der Waals surface area contributed by atoms with Crippen LogP contribution in [-0.4, -0.2) is 15.3 Å². The number of benzene rings is 1. The van der Waals surface area contributed by atoms with Crippen LogP contribution in [0.15, 0.2) is 27.4 Å². The largest absolute Gasteiger partial charge is 0.392 e. The van der Waals surface area contributed by atoms with Crippen LogP contribution in [0.4, 0.5) is 0 Å². The molecule has 1 heterocycles. The first-order chi connectivity index (χ1) is 7.69. The van der Waals surface area contributed by atoms with Crippen molar-refractivity contribution >= 4 is 23.1 Å². The highest BCUT2D eigenvalue weighted by Gasteiger charge is 2.07. The third kappa shape index (κ3) is 2.61. The molecular formula is C11H12N2OS2. The summed E-state index contributed by atoms with van der Waals surface area (Å²) < 4.78 is 0.913. The normalized spacial score (nSPS) is 10.7. The summed E-state index contributed by atoms with van der Waals surface area (Å²) in [6.07, 6.45) is 0. The van der Waals surface area contributed by atoms with Gasteiger partial charge in [0.05, 0.1) is 6.61 Å². The number of aryl methyl sites for hydroxylation is 2. The molecule has 0 unspecified atom stereocenters. The molecule has 1 N–H and O–H groups in total. The van der Waals surface area contributed by atoms with Gasteiger partial charge >= 0.3 is 0 Å². The van der Waals surface area contributed by atoms with E-state index in [4.69, 9.17) is 0 Å². The fourth-order valence-corrected chi connectivity index (χ4v) is 3.22. The molecule has 0 saturated carbocycles. The summed E-state index contributed by atoms with van der Waals surface area (Å²) >= 11 is 3.12. The zero-order chi connectivity index (χ0) is 11.5. The maximum Gasteiger partial charge on any atom is 0.179 e. The third-order valence-corrected chi connectivity index (χ3v) is 4.10. The number of aliphatic hydroxyl groups is 1. The maximum atomic E-state index is 9.28. The molecule has 0 atom stereocenters. The number of hydrogen-bond acceptors (Lipinski definition) is 5. The number of hydrogen-bond donors (Lipinski definition) is 1. The van der Waals surface area contributed by atoms with Crippen LogP contribution in [0.5, 0.6) is 0 Å². The maximum absolute atomic E-state index is 9.28. The predicted molar refractivity (Wildman–Crippen MR) is 65.9 cm³/mol. The second-order valence-electron chi connectivity index (χ2n) is 3.46. The van der Waals surface area contributed by atoms with E-state index in [1.807, 2.05) is 32.0 Å². The van der Waals surface area contributed by atoms with Crippen LogP contribution in [0.25, 0.3) is 0 Å². The lowest BCUT2D eigenvalue weighted by Crippen LogP contribution is -1.88. The molecule has 0 bridgehead atoms. The molecule has 2 rings (SSSR count). The fraction of sp³-hybridized carbons (Fsp3) is 0.273. The Kier molecular flexibility index (Phi) is 3.58. The van der Waals surface area contributed by atoms with Crippen molar-refractivity contribution in [2.45, 2.75) is 29.7 Å². The van der Waals surface area contributed by atoms with Crippen molar-refractivity contribution < 1.29 is 5.11 Å². The number of aliphatic hydroxyl groups excluding tert-OH is 1. The van der Waals surface area contributed by atoms with Crippen molar-refractivity contribution in [2.75, 3.05) is 0 Å². The standard InChI is InChI=1S/C11H12N2OS2/c1-7-3-4-10(9(5-7)6-14)16-11-13-12-8(2)15-11/h3-5,14H,6H2,1-2H3. The summed E-state index contributed by atoms with van der Waals surface area (Å²) in [5.41, 5.74) is 2.10. The first-order valence-electron chi connectivity index (χ1n) is 4.87. The van der Waals surface area contributed by atoms with Gasteiger partial charge in [0.15, 0.2) is 4.34 Å². The summed E-state index contributed by atoms with van der Waals surface area (Å²) in [4.78, 5) is 1.05. The minimum atomic E-state index is 0.0573. The molecule has 2 aromatic rings. The highest BCUT2D eigenvalue weighted by atomic mass is 32.2. The van der Waals surface area contributed by atoms with E-state index in [0.29, 0.717) is 0 Å². The molecule has 84 valence electrons. The lowest BCUT2D eigenvalue weighted by Gasteiger charge is -2.05. The first-order valence-corrected chi connectivity index (χ1v) is 6.50. The van der Waals surface area contributed by atoms with E-state index in [1.165, 1.54) is 0 Å². The molecule has 0 aliphatic heterocycles. The average molecular weight is 252 g/mol. The SMILES string of the molecule is Cc1ccc(Sc2nnc(C)s2)c(CO)c1. The quantitative estimate of drug-likeness (QED) is 0.912. The second kappa shape index (κ2) is 4.95. The van der Waals surface area contributed by atoms with Crippen LogP contribution in [0.1, 0.15) is 16.1 Å². The zero-order valence-electron chi connectivity index (χ0n) is 9.10. The van der Waals surface area contributed by atoms with Crippen molar-refractivity contribution in [3.63, 3.8) is 0 Å². The van der Waals surface area contributed by atoms with Gasteiger partial charge in [-0.25, -0.2) is 0 Å². The van der Waals surface area contributed by atoms with E-state index < -0.39 is 0 Å². The Morgan fingerprint density at radius 3 is 2.75 bits per heavy atom. The fourth-order valence-electron chi connectivity index (χ4n) is 1.35. The van der Waals surface area contributed by atoms with Gasteiger partial charge in [-0.3, -0.25) is 0 Å². The molecule has 0 spiro atoms. The van der Waals surface area contributed by atoms with Crippen molar-refractivity contribution in [3.8, 4) is 0 Å². The Morgan fingerprint density at radius 1 is 1.31 bits per heavy atom. The van der Waals surface area contributed by atoms with Gasteiger partial charge < -0.3 is 5.11 Å². The van der Waals surface area contributed by atoms with Crippen molar-refractivity contribution in [1.82, 2.24) is 10.2 Å². The van der Waals surface area contributed by atoms with E-state index in [-0.39, 0.29) is 6.61 Å². The second-order valence-corrected chi connectivity index (χ2v) is 5.93. The van der Waals surface area contributed by atoms with E-state index in [0.717, 1.165) is 25.4 Å². The van der Waals surface area contributed by atoms with Crippen molar-refractivity contribution in [3.05, 3.63) is 34.3 Å². The van der Waals surface area contributed by atoms with Gasteiger partial charge in [0.2, 0.25) is 0 Å². The van der Waals surface area contributed by atoms with Crippen LogP contribution < -0.4 is 0 Å². The number of aromatic nitrogens is 2. The lowest BCUT2D eigenvalue weighted by molar-refractivity contribution is 0.279. The summed E-state index contributed by atoms with van der Waals surface area (Å²) in [6.45, 7) is 4.01. The van der Waals surface area contributed by atoms with Crippen molar-refractivity contribution in [2.24, 2.45) is 0 Å². The minimum absolute atomic E-state index is 0.0573. The number of rotatable bonds is 3. The highest BCUT2D eigenvalue weighted by Crippen LogP contribution is 2.32. The van der Waals surface area contributed by atoms with Crippen LogP contribution in [0, 0.1) is 13.8 Å². The molecule has 16 heavy (non-hydrogen) atoms. The predicted octanol–water partition coefficient (Wildman–Crippen LogP) is 2.80. The van der Waals surface area contributed by atoms with Gasteiger partial charge in [0, 0.05) is 4.90 Å². The Hall–Kier alpha value is -0.910. The molecule has 1 aromatic heterocycles. The Morgan fingerprint density at radius 2 is 2.12 bits per heavy atom. The van der Waals surface area contributed by atoms with Gasteiger partial charge in [-0.15, -0.1) is 10.2 Å². The average Bonchev–Trinajstić information content (AvgIpc) is 2.67. The topological polar surface area (TPSA) is 46.0 Å². The van der Waals surface area contributed by atoms with Crippen LogP contribution in [0.3, 0.4) is 0 Å². The molecule has 3 nitrogen and oxygen atoms in total. The van der Waals surface area contributed by atoms with E-state index in [1.54, 1.807) is 23.1 Å². The summed E-state index contributed by atoms with van der Waals surface area (Å²) in [5.74, 6) is 0. The Balaban J connectivity index is 2.27. The molecule has 0 saturated heterocycles. The molecule has 0 radical (unpaired) electrons. The van der Waals surface area contributed by atoms with Crippen LogP contribution in [-0.2, 0) is 6.61 Å². The smallest absolute Gasteiger partial charge is 0.179 e. The Bertz CT molecular complexity index is 496. The Labute approximate surface area is 103 Å². The molecule has 0 aliphatic carbocycles. The first kappa shape index (κ1) is 11.6. The summed E-state index contributed by atoms with van der Waals surface area (Å²) in [6, 6.07) is 6.05.